The maximum absolute atomic E-state index is 14.9. The van der Waals surface area contributed by atoms with Crippen LogP contribution in [-0.4, -0.2) is 21.3 Å². The maximum Gasteiger partial charge on any atom is 0.412 e. The highest BCUT2D eigenvalue weighted by Gasteiger charge is 2.44. The number of methoxy groups -OCH3 is 1. The van der Waals surface area contributed by atoms with Gasteiger partial charge >= 0.3 is 14.1 Å². The first kappa shape index (κ1) is 23.9. The summed E-state index contributed by atoms with van der Waals surface area (Å²) in [5.74, 6) is -25.0. The van der Waals surface area contributed by atoms with Gasteiger partial charge in [-0.25, -0.2) is 48.3 Å². The molecule has 0 aliphatic rings. The Kier molecular flexibility index (Phi) is 6.44. The van der Waals surface area contributed by atoms with Crippen molar-refractivity contribution < 1.29 is 53.0 Å². The van der Waals surface area contributed by atoms with Gasteiger partial charge in [0.15, 0.2) is 40.7 Å². The van der Waals surface area contributed by atoms with E-state index in [0.717, 1.165) is 0 Å². The zero-order valence-electron chi connectivity index (χ0n) is 15.4. The average Bonchev–Trinajstić information content (AvgIpc) is 2.71. The predicted octanol–water partition coefficient (Wildman–Crippen LogP) is 3.74. The van der Waals surface area contributed by atoms with Crippen LogP contribution in [0, 0.1) is 64.0 Å². The Bertz CT molecular complexity index is 1130. The molecule has 32 heavy (non-hydrogen) atoms. The lowest BCUT2D eigenvalue weighted by Gasteiger charge is -2.20. The molecule has 168 valence electrons. The van der Waals surface area contributed by atoms with Crippen LogP contribution in [-0.2, 0) is 0 Å². The van der Waals surface area contributed by atoms with Gasteiger partial charge in [0.2, 0.25) is 0 Å². The van der Waals surface area contributed by atoms with Crippen LogP contribution in [0.25, 0.3) is 0 Å². The summed E-state index contributed by atoms with van der Waals surface area (Å²) in [5.41, 5.74) is 0. The monoisotopic (exact) mass is 486 g/mol. The van der Waals surface area contributed by atoms with Gasteiger partial charge in [0.05, 0.1) is 7.11 Å². The van der Waals surface area contributed by atoms with E-state index < -0.39 is 97.2 Å². The zero-order valence-corrected chi connectivity index (χ0v) is 16.5. The van der Waals surface area contributed by atoms with Crippen molar-refractivity contribution in [3.63, 3.8) is 0 Å². The van der Waals surface area contributed by atoms with Crippen LogP contribution in [0.4, 0.5) is 48.3 Å². The highest BCUT2D eigenvalue weighted by Crippen LogP contribution is 2.23. The molecule has 13 heteroatoms. The largest absolute Gasteiger partial charge is 0.491 e. The second-order valence-electron chi connectivity index (χ2n) is 6.30. The van der Waals surface area contributed by atoms with E-state index in [1.807, 2.05) is 0 Å². The van der Waals surface area contributed by atoms with E-state index in [1.54, 1.807) is 0 Å². The summed E-state index contributed by atoms with van der Waals surface area (Å²) in [5, 5.41) is 0. The Hall–Kier alpha value is -2.78. The molecule has 0 saturated carbocycles. The summed E-state index contributed by atoms with van der Waals surface area (Å²) >= 11 is -5.18. The van der Waals surface area contributed by atoms with Crippen molar-refractivity contribution in [1.82, 2.24) is 0 Å². The summed E-state index contributed by atoms with van der Waals surface area (Å²) in [6.07, 6.45) is 0. The number of ether oxygens (including phenoxy) is 1. The van der Waals surface area contributed by atoms with E-state index in [-0.39, 0.29) is 18.2 Å². The minimum atomic E-state index is -5.18. The molecular formula is C19H6AlF11O. The number of rotatable bonds is 4. The molecule has 0 heterocycles. The Morgan fingerprint density at radius 1 is 0.469 bits per heavy atom. The molecule has 3 aromatic carbocycles. The molecule has 0 atom stereocenters. The summed E-state index contributed by atoms with van der Waals surface area (Å²) in [7, 11) is 0.672. The molecule has 0 bridgehead atoms. The van der Waals surface area contributed by atoms with E-state index >= 15 is 0 Å². The lowest BCUT2D eigenvalue weighted by atomic mass is 10.3. The first-order valence-electron chi connectivity index (χ1n) is 8.29. The van der Waals surface area contributed by atoms with E-state index in [1.165, 1.54) is 0 Å². The van der Waals surface area contributed by atoms with Gasteiger partial charge in [-0.3, -0.25) is 0 Å². The van der Waals surface area contributed by atoms with Gasteiger partial charge in [-0.2, -0.15) is 0 Å². The lowest BCUT2D eigenvalue weighted by molar-refractivity contribution is 0.358. The van der Waals surface area contributed by atoms with Gasteiger partial charge in [0.1, 0.15) is 29.1 Å². The molecular weight excluding hydrogens is 480 g/mol. The maximum atomic E-state index is 14.9. The first-order valence-corrected chi connectivity index (χ1v) is 10.0. The fraction of sp³-hybridized carbons (Fsp3) is 0.0526. The number of benzene rings is 3. The van der Waals surface area contributed by atoms with Crippen LogP contribution >= 0.6 is 0 Å². The second kappa shape index (κ2) is 8.63. The zero-order chi connectivity index (χ0) is 24.1. The molecule has 0 radical (unpaired) electrons. The fourth-order valence-corrected chi connectivity index (χ4v) is 6.34. The topological polar surface area (TPSA) is 9.23 Å². The van der Waals surface area contributed by atoms with Crippen molar-refractivity contribution in [3.05, 3.63) is 82.2 Å². The van der Waals surface area contributed by atoms with Crippen LogP contribution in [0.5, 0.6) is 5.75 Å². The minimum Gasteiger partial charge on any atom is -0.491 e. The Labute approximate surface area is 176 Å². The predicted molar refractivity (Wildman–Crippen MR) is 90.1 cm³/mol. The Balaban J connectivity index is 2.60. The van der Waals surface area contributed by atoms with E-state index in [0.29, 0.717) is 7.11 Å². The van der Waals surface area contributed by atoms with Gasteiger partial charge in [-0.15, -0.1) is 0 Å². The van der Waals surface area contributed by atoms with Crippen LogP contribution in [0.2, 0.25) is 0 Å². The highest BCUT2D eigenvalue weighted by atomic mass is 27.2. The van der Waals surface area contributed by atoms with Crippen LogP contribution in [0.15, 0.2) is 18.2 Å². The van der Waals surface area contributed by atoms with Crippen molar-refractivity contribution in [2.45, 2.75) is 0 Å². The molecule has 0 aliphatic carbocycles. The van der Waals surface area contributed by atoms with Crippen molar-refractivity contribution >= 4 is 27.4 Å². The lowest BCUT2D eigenvalue weighted by Crippen LogP contribution is -2.60. The van der Waals surface area contributed by atoms with Gasteiger partial charge in [-0.1, -0.05) is 0 Å². The summed E-state index contributed by atoms with van der Waals surface area (Å²) in [4.78, 5) is 0. The third-order valence-corrected chi connectivity index (χ3v) is 7.80. The molecule has 1 nitrogen and oxygen atoms in total. The number of halogens is 11. The van der Waals surface area contributed by atoms with Crippen LogP contribution in [0.3, 0.4) is 0 Å². The molecule has 0 spiro atoms. The number of hydrogen-bond donors (Lipinski definition) is 0. The van der Waals surface area contributed by atoms with Crippen molar-refractivity contribution in [3.8, 4) is 5.75 Å². The van der Waals surface area contributed by atoms with Crippen molar-refractivity contribution in [2.75, 3.05) is 7.11 Å². The van der Waals surface area contributed by atoms with Gasteiger partial charge in [0.25, 0.3) is 0 Å². The average molecular weight is 486 g/mol. The summed E-state index contributed by atoms with van der Waals surface area (Å²) < 4.78 is 156. The third kappa shape index (κ3) is 3.69. The molecule has 0 N–H and O–H groups in total. The first-order chi connectivity index (χ1) is 14.9. The van der Waals surface area contributed by atoms with Crippen molar-refractivity contribution in [1.29, 1.82) is 0 Å². The van der Waals surface area contributed by atoms with Gasteiger partial charge < -0.3 is 4.74 Å². The molecule has 0 fully saturated rings. The quantitative estimate of drug-likeness (QED) is 0.311. The molecule has 0 amide bonds. The summed E-state index contributed by atoms with van der Waals surface area (Å²) in [6, 6.07) is -0.721. The standard InChI is InChI=1S/C7H4F3O.2C6HF4.Al/c1-11-7-5(9)2-4(8)3-6(7)10;2*7-3-1-4(8)6(10)2-5(3)9;/h2H,1H3;2*1H;. The number of hydrogen-bond acceptors (Lipinski definition) is 1. The van der Waals surface area contributed by atoms with E-state index in [2.05, 4.69) is 4.74 Å². The van der Waals surface area contributed by atoms with Gasteiger partial charge in [0, 0.05) is 18.2 Å². The minimum absolute atomic E-state index is 0.103. The molecule has 0 aliphatic heterocycles. The SMILES string of the molecule is COc1c(F)cc(F)[c]([Al]([c]2c(F)c(F)cc(F)c2F)[c]2c(F)c(F)cc(F)c2F)c1F. The molecule has 3 aromatic rings. The highest BCUT2D eigenvalue weighted by molar-refractivity contribution is 6.95. The Morgan fingerprint density at radius 3 is 1.16 bits per heavy atom. The van der Waals surface area contributed by atoms with Crippen LogP contribution in [0.1, 0.15) is 0 Å². The van der Waals surface area contributed by atoms with E-state index in [4.69, 9.17) is 0 Å². The smallest absolute Gasteiger partial charge is 0.412 e. The second-order valence-corrected chi connectivity index (χ2v) is 8.90. The Morgan fingerprint density at radius 2 is 0.812 bits per heavy atom. The molecule has 0 saturated heterocycles. The fourth-order valence-electron chi connectivity index (χ4n) is 3.16. The van der Waals surface area contributed by atoms with E-state index in [9.17, 15) is 48.3 Å². The van der Waals surface area contributed by atoms with Gasteiger partial charge in [-0.05, 0) is 13.3 Å². The van der Waals surface area contributed by atoms with Crippen LogP contribution < -0.4 is 18.0 Å². The summed E-state index contributed by atoms with van der Waals surface area (Å²) in [6.45, 7) is 0. The molecule has 0 aromatic heterocycles. The molecule has 3 rings (SSSR count). The molecule has 0 unspecified atom stereocenters. The normalized spacial score (nSPS) is 11.1. The third-order valence-electron chi connectivity index (χ3n) is 4.53. The van der Waals surface area contributed by atoms with Crippen molar-refractivity contribution in [2.24, 2.45) is 0 Å².